The van der Waals surface area contributed by atoms with Crippen molar-refractivity contribution >= 4 is 5.69 Å². The van der Waals surface area contributed by atoms with Crippen molar-refractivity contribution in [1.82, 2.24) is 4.98 Å². The van der Waals surface area contributed by atoms with Crippen LogP contribution in [0.15, 0.2) is 42.6 Å². The molecule has 1 radical (unpaired) electrons. The molecule has 1 atom stereocenters. The molecule has 1 aromatic carbocycles. The molecular formula is C18H23N3Y-2. The van der Waals surface area contributed by atoms with Crippen LogP contribution in [-0.4, -0.2) is 18.1 Å². The van der Waals surface area contributed by atoms with Gasteiger partial charge in [0, 0.05) is 44.5 Å². The van der Waals surface area contributed by atoms with Crippen molar-refractivity contribution in [3.05, 3.63) is 59.2 Å². The summed E-state index contributed by atoms with van der Waals surface area (Å²) in [5.41, 5.74) is 11.2. The molecule has 1 aromatic heterocycles. The van der Waals surface area contributed by atoms with Gasteiger partial charge in [0.05, 0.1) is 5.69 Å². The second-order valence-electron chi connectivity index (χ2n) is 5.62. The third-order valence-electron chi connectivity index (χ3n) is 3.63. The van der Waals surface area contributed by atoms with Crippen molar-refractivity contribution in [2.75, 3.05) is 13.1 Å². The van der Waals surface area contributed by atoms with Crippen LogP contribution in [0.5, 0.6) is 0 Å². The van der Waals surface area contributed by atoms with Crippen molar-refractivity contribution in [3.63, 3.8) is 0 Å². The number of rotatable bonds is 1. The van der Waals surface area contributed by atoms with Gasteiger partial charge >= 0.3 is 0 Å². The number of benzene rings is 1. The normalized spacial score (nSPS) is 16.9. The first-order chi connectivity index (χ1) is 10.2. The smallest absolute Gasteiger partial charge is 0.0704 e. The Bertz CT molecular complexity index is 552. The van der Waals surface area contributed by atoms with E-state index in [-0.39, 0.29) is 32.7 Å². The number of aryl methyl sites for hydroxylation is 1. The fourth-order valence-electron chi connectivity index (χ4n) is 2.37. The predicted molar refractivity (Wildman–Crippen MR) is 89.9 cm³/mol. The zero-order valence-electron chi connectivity index (χ0n) is 13.4. The zero-order chi connectivity index (χ0) is 15.1. The monoisotopic (exact) mass is 370 g/mol. The summed E-state index contributed by atoms with van der Waals surface area (Å²) in [5.74, 6) is 0.869. The fourth-order valence-corrected chi connectivity index (χ4v) is 2.37. The molecule has 115 valence electrons. The molecule has 3 nitrogen and oxygen atoms in total. The van der Waals surface area contributed by atoms with Crippen LogP contribution in [0.1, 0.15) is 25.3 Å². The first-order valence-corrected chi connectivity index (χ1v) is 7.53. The van der Waals surface area contributed by atoms with E-state index in [0.717, 1.165) is 35.8 Å². The average Bonchev–Trinajstić information content (AvgIpc) is 2.52. The van der Waals surface area contributed by atoms with E-state index in [1.165, 1.54) is 12.8 Å². The summed E-state index contributed by atoms with van der Waals surface area (Å²) >= 11 is 0. The zero-order valence-corrected chi connectivity index (χ0v) is 16.3. The van der Waals surface area contributed by atoms with Crippen LogP contribution in [0.2, 0.25) is 0 Å². The molecule has 4 heteroatoms. The van der Waals surface area contributed by atoms with Gasteiger partial charge in [0.15, 0.2) is 0 Å². The second kappa shape index (κ2) is 10.1. The van der Waals surface area contributed by atoms with Crippen molar-refractivity contribution in [2.24, 2.45) is 5.92 Å². The molecule has 1 aliphatic rings. The number of aromatic nitrogens is 1. The topological polar surface area (TPSA) is 50.8 Å². The van der Waals surface area contributed by atoms with Gasteiger partial charge in [0.25, 0.3) is 0 Å². The van der Waals surface area contributed by atoms with Gasteiger partial charge in [-0.1, -0.05) is 49.9 Å². The van der Waals surface area contributed by atoms with Crippen LogP contribution in [0, 0.1) is 12.8 Å². The summed E-state index contributed by atoms with van der Waals surface area (Å²) in [4.78, 5) is 4.27. The molecule has 0 bridgehead atoms. The van der Waals surface area contributed by atoms with E-state index >= 15 is 0 Å². The van der Waals surface area contributed by atoms with E-state index in [9.17, 15) is 0 Å². The van der Waals surface area contributed by atoms with Crippen LogP contribution in [0.25, 0.3) is 22.3 Å². The minimum Gasteiger partial charge on any atom is -0.699 e. The first-order valence-electron chi connectivity index (χ1n) is 7.53. The van der Waals surface area contributed by atoms with Gasteiger partial charge in [-0.2, -0.15) is 0 Å². The summed E-state index contributed by atoms with van der Waals surface area (Å²) in [7, 11) is 0. The quantitative estimate of drug-likeness (QED) is 0.651. The van der Waals surface area contributed by atoms with E-state index in [0.29, 0.717) is 5.69 Å². The first kappa shape index (κ1) is 19.3. The summed E-state index contributed by atoms with van der Waals surface area (Å²) in [5, 5.41) is 4.26. The Labute approximate surface area is 159 Å². The SMILES string of the molecule is CC1CCC[N-]C1.Cc1ccc([NH-])cc1-c1ccccn1.[Y]. The molecule has 3 rings (SSSR count). The molecule has 0 spiro atoms. The number of hydrogen-bond donors (Lipinski definition) is 0. The fraction of sp³-hybridized carbons (Fsp3) is 0.389. The van der Waals surface area contributed by atoms with E-state index in [2.05, 4.69) is 17.2 Å². The van der Waals surface area contributed by atoms with Gasteiger partial charge in [-0.05, 0) is 24.6 Å². The Kier molecular flexibility index (Phi) is 8.85. The van der Waals surface area contributed by atoms with E-state index < -0.39 is 0 Å². The molecule has 1 saturated heterocycles. The molecule has 0 saturated carbocycles. The van der Waals surface area contributed by atoms with Crippen LogP contribution in [0.4, 0.5) is 5.69 Å². The van der Waals surface area contributed by atoms with Gasteiger partial charge in [0.2, 0.25) is 0 Å². The van der Waals surface area contributed by atoms with Gasteiger partial charge < -0.3 is 11.1 Å². The standard InChI is InChI=1S/C12H11N2.C6H12N.Y/c1-9-5-6-10(13)8-11(9)12-4-2-3-7-14-12;1-6-3-2-4-7-5-6;/h2-8,13H,1H3;6H,2-5H2,1H3;/q2*-1;. The Morgan fingerprint density at radius 2 is 2.05 bits per heavy atom. The van der Waals surface area contributed by atoms with Crippen molar-refractivity contribution < 1.29 is 32.7 Å². The van der Waals surface area contributed by atoms with E-state index in [4.69, 9.17) is 5.73 Å². The number of pyridine rings is 1. The van der Waals surface area contributed by atoms with Gasteiger partial charge in [-0.25, -0.2) is 0 Å². The molecular weight excluding hydrogens is 347 g/mol. The maximum Gasteiger partial charge on any atom is 0.0704 e. The molecule has 1 fully saturated rings. The van der Waals surface area contributed by atoms with E-state index in [1.807, 2.05) is 37.3 Å². The number of hydrogen-bond acceptors (Lipinski definition) is 1. The number of nitrogens with zero attached hydrogens (tertiary/aromatic N) is 2. The Morgan fingerprint density at radius 3 is 2.59 bits per heavy atom. The predicted octanol–water partition coefficient (Wildman–Crippen LogP) is 5.53. The van der Waals surface area contributed by atoms with Crippen molar-refractivity contribution in [2.45, 2.75) is 26.7 Å². The maximum atomic E-state index is 7.55. The Balaban J connectivity index is 0.000000258. The maximum absolute atomic E-state index is 7.55. The minimum absolute atomic E-state index is 0. The van der Waals surface area contributed by atoms with Gasteiger partial charge in [-0.15, -0.1) is 18.8 Å². The summed E-state index contributed by atoms with van der Waals surface area (Å²) in [6, 6.07) is 11.4. The Hall–Kier alpha value is -0.766. The molecule has 22 heavy (non-hydrogen) atoms. The summed E-state index contributed by atoms with van der Waals surface area (Å²) in [6.45, 7) is 6.52. The third kappa shape index (κ3) is 6.15. The van der Waals surface area contributed by atoms with Crippen LogP contribution in [-0.2, 0) is 32.7 Å². The van der Waals surface area contributed by atoms with E-state index in [1.54, 1.807) is 12.3 Å². The molecule has 1 aliphatic heterocycles. The van der Waals surface area contributed by atoms with Crippen molar-refractivity contribution in [3.8, 4) is 11.3 Å². The summed E-state index contributed by atoms with van der Waals surface area (Å²) < 4.78 is 0. The number of nitrogens with one attached hydrogen (secondary N) is 1. The molecule has 0 aliphatic carbocycles. The second-order valence-corrected chi connectivity index (χ2v) is 5.62. The van der Waals surface area contributed by atoms with Crippen LogP contribution >= 0.6 is 0 Å². The van der Waals surface area contributed by atoms with Gasteiger partial charge in [0.1, 0.15) is 0 Å². The molecule has 2 heterocycles. The summed E-state index contributed by atoms with van der Waals surface area (Å²) in [6.07, 6.45) is 4.48. The molecule has 0 amide bonds. The van der Waals surface area contributed by atoms with Crippen LogP contribution < -0.4 is 0 Å². The average molecular weight is 370 g/mol. The minimum atomic E-state index is 0. The molecule has 1 N–H and O–H groups in total. The third-order valence-corrected chi connectivity index (χ3v) is 3.63. The molecule has 2 aromatic rings. The van der Waals surface area contributed by atoms with Crippen molar-refractivity contribution in [1.29, 1.82) is 0 Å². The largest absolute Gasteiger partial charge is 0.699 e. The number of piperidine rings is 1. The Morgan fingerprint density at radius 1 is 1.23 bits per heavy atom. The van der Waals surface area contributed by atoms with Gasteiger partial charge in [-0.3, -0.25) is 4.98 Å². The molecule has 1 unspecified atom stereocenters. The van der Waals surface area contributed by atoms with Crippen LogP contribution in [0.3, 0.4) is 0 Å².